The van der Waals surface area contributed by atoms with E-state index in [-0.39, 0.29) is 12.3 Å². The highest BCUT2D eigenvalue weighted by Gasteiger charge is 2.13. The van der Waals surface area contributed by atoms with Gasteiger partial charge in [-0.05, 0) is 28.4 Å². The Hall–Kier alpha value is -1.68. The number of hydrogen-bond donors (Lipinski definition) is 2. The van der Waals surface area contributed by atoms with Crippen LogP contribution in [0.1, 0.15) is 13.3 Å². The van der Waals surface area contributed by atoms with E-state index in [2.05, 4.69) is 36.1 Å². The minimum Gasteiger partial charge on any atom is -0.369 e. The van der Waals surface area contributed by atoms with Gasteiger partial charge in [-0.2, -0.15) is 9.61 Å². The first-order chi connectivity index (χ1) is 12.9. The number of fused-ring (bicyclic) bond motifs is 1. The highest BCUT2D eigenvalue weighted by Crippen LogP contribution is 2.30. The molecule has 2 N–H and O–H groups in total. The van der Waals surface area contributed by atoms with Gasteiger partial charge in [0, 0.05) is 29.7 Å². The molecule has 144 valence electrons. The second-order valence-corrected chi connectivity index (χ2v) is 9.06. The summed E-state index contributed by atoms with van der Waals surface area (Å²) < 4.78 is 28.5. The number of sulfonamides is 1. The Labute approximate surface area is 171 Å². The van der Waals surface area contributed by atoms with Gasteiger partial charge in [-0.25, -0.2) is 18.1 Å². The molecule has 0 aliphatic carbocycles. The van der Waals surface area contributed by atoms with Crippen molar-refractivity contribution in [2.24, 2.45) is 0 Å². The maximum absolute atomic E-state index is 11.7. The van der Waals surface area contributed by atoms with E-state index in [1.54, 1.807) is 10.7 Å². The van der Waals surface area contributed by atoms with Gasteiger partial charge in [0.25, 0.3) is 0 Å². The summed E-state index contributed by atoms with van der Waals surface area (Å²) in [6.07, 6.45) is 2.24. The van der Waals surface area contributed by atoms with Crippen molar-refractivity contribution in [3.8, 4) is 11.3 Å². The fraction of sp³-hybridized carbons (Fsp3) is 0.294. The van der Waals surface area contributed by atoms with Gasteiger partial charge in [0.05, 0.1) is 22.1 Å². The standard InChI is InChI=1S/C17H19BrClN5O2S/c1-2-9-27(25,26)22-8-7-20-16-10-15(12-5-3-4-6-14(12)19)23-17-13(18)11-21-24(16)17/h3-6,10-11,20,22H,2,7-9H2,1H3. The normalized spacial score (nSPS) is 11.8. The molecule has 3 aromatic rings. The van der Waals surface area contributed by atoms with E-state index in [4.69, 9.17) is 11.6 Å². The molecule has 0 amide bonds. The molecule has 0 radical (unpaired) electrons. The number of rotatable bonds is 8. The van der Waals surface area contributed by atoms with E-state index in [0.29, 0.717) is 35.1 Å². The van der Waals surface area contributed by atoms with E-state index in [0.717, 1.165) is 10.0 Å². The molecule has 0 bridgehead atoms. The van der Waals surface area contributed by atoms with Crippen molar-refractivity contribution >= 4 is 49.0 Å². The molecule has 0 atom stereocenters. The van der Waals surface area contributed by atoms with Crippen molar-refractivity contribution in [3.05, 3.63) is 46.0 Å². The lowest BCUT2D eigenvalue weighted by atomic mass is 10.1. The van der Waals surface area contributed by atoms with Crippen molar-refractivity contribution < 1.29 is 8.42 Å². The second kappa shape index (κ2) is 8.55. The van der Waals surface area contributed by atoms with Crippen molar-refractivity contribution in [2.45, 2.75) is 13.3 Å². The lowest BCUT2D eigenvalue weighted by Gasteiger charge is -2.12. The molecule has 27 heavy (non-hydrogen) atoms. The third-order valence-corrected chi connectivity index (χ3v) is 6.28. The monoisotopic (exact) mass is 471 g/mol. The van der Waals surface area contributed by atoms with Crippen LogP contribution in [0.5, 0.6) is 0 Å². The largest absolute Gasteiger partial charge is 0.369 e. The lowest BCUT2D eigenvalue weighted by Crippen LogP contribution is -2.31. The van der Waals surface area contributed by atoms with E-state index < -0.39 is 10.0 Å². The summed E-state index contributed by atoms with van der Waals surface area (Å²) in [6.45, 7) is 2.51. The molecule has 0 saturated heterocycles. The van der Waals surface area contributed by atoms with Gasteiger partial charge in [0.2, 0.25) is 10.0 Å². The molecule has 1 aromatic carbocycles. The number of halogens is 2. The maximum Gasteiger partial charge on any atom is 0.211 e. The van der Waals surface area contributed by atoms with Crippen LogP contribution in [-0.2, 0) is 10.0 Å². The van der Waals surface area contributed by atoms with Gasteiger partial charge in [-0.1, -0.05) is 36.7 Å². The Morgan fingerprint density at radius 3 is 2.78 bits per heavy atom. The average Bonchev–Trinajstić information content (AvgIpc) is 3.00. The average molecular weight is 473 g/mol. The SMILES string of the molecule is CCCS(=O)(=O)NCCNc1cc(-c2ccccc2Cl)nc2c(Br)cnn12. The van der Waals surface area contributed by atoms with Crippen molar-refractivity contribution in [1.82, 2.24) is 19.3 Å². The molecule has 0 saturated carbocycles. The van der Waals surface area contributed by atoms with Gasteiger partial charge < -0.3 is 5.32 Å². The van der Waals surface area contributed by atoms with E-state index in [1.165, 1.54) is 0 Å². The third-order valence-electron chi connectivity index (χ3n) is 3.80. The summed E-state index contributed by atoms with van der Waals surface area (Å²) in [5, 5.41) is 8.12. The van der Waals surface area contributed by atoms with Crippen LogP contribution in [0.25, 0.3) is 16.9 Å². The van der Waals surface area contributed by atoms with Crippen LogP contribution in [0, 0.1) is 0 Å². The summed E-state index contributed by atoms with van der Waals surface area (Å²) in [4.78, 5) is 4.64. The lowest BCUT2D eigenvalue weighted by molar-refractivity contribution is 0.581. The second-order valence-electron chi connectivity index (χ2n) is 5.87. The topological polar surface area (TPSA) is 88.4 Å². The first-order valence-electron chi connectivity index (χ1n) is 8.41. The zero-order valence-electron chi connectivity index (χ0n) is 14.6. The van der Waals surface area contributed by atoms with Gasteiger partial charge in [0.15, 0.2) is 5.65 Å². The first kappa shape index (κ1) is 20.1. The summed E-state index contributed by atoms with van der Waals surface area (Å²) in [5.74, 6) is 0.810. The van der Waals surface area contributed by atoms with E-state index in [1.807, 2.05) is 37.3 Å². The predicted octanol–water partition coefficient (Wildman–Crippen LogP) is 3.55. The summed E-state index contributed by atoms with van der Waals surface area (Å²) in [7, 11) is -3.23. The van der Waals surface area contributed by atoms with Crippen molar-refractivity contribution in [2.75, 3.05) is 24.2 Å². The number of hydrogen-bond acceptors (Lipinski definition) is 5. The predicted molar refractivity (Wildman–Crippen MR) is 112 cm³/mol. The Morgan fingerprint density at radius 1 is 1.26 bits per heavy atom. The van der Waals surface area contributed by atoms with Crippen LogP contribution < -0.4 is 10.0 Å². The fourth-order valence-electron chi connectivity index (χ4n) is 2.61. The summed E-state index contributed by atoms with van der Waals surface area (Å²) in [6, 6.07) is 9.31. The summed E-state index contributed by atoms with van der Waals surface area (Å²) >= 11 is 9.76. The molecule has 0 fully saturated rings. The number of aromatic nitrogens is 3. The van der Waals surface area contributed by atoms with E-state index >= 15 is 0 Å². The highest BCUT2D eigenvalue weighted by molar-refractivity contribution is 9.10. The molecule has 0 aliphatic rings. The van der Waals surface area contributed by atoms with Crippen LogP contribution in [-0.4, -0.2) is 41.9 Å². The number of nitrogens with one attached hydrogen (secondary N) is 2. The van der Waals surface area contributed by atoms with Gasteiger partial charge in [-0.3, -0.25) is 0 Å². The molecule has 2 aromatic heterocycles. The first-order valence-corrected chi connectivity index (χ1v) is 11.2. The quantitative estimate of drug-likeness (QED) is 0.490. The van der Waals surface area contributed by atoms with Crippen molar-refractivity contribution in [1.29, 1.82) is 0 Å². The molecule has 7 nitrogen and oxygen atoms in total. The number of anilines is 1. The van der Waals surface area contributed by atoms with Crippen LogP contribution in [0.15, 0.2) is 41.0 Å². The van der Waals surface area contributed by atoms with Crippen LogP contribution in [0.4, 0.5) is 5.82 Å². The van der Waals surface area contributed by atoms with Crippen LogP contribution in [0.3, 0.4) is 0 Å². The Kier molecular flexibility index (Phi) is 6.36. The van der Waals surface area contributed by atoms with E-state index in [9.17, 15) is 8.42 Å². The van der Waals surface area contributed by atoms with Crippen LogP contribution >= 0.6 is 27.5 Å². The molecule has 0 spiro atoms. The maximum atomic E-state index is 11.7. The molecule has 10 heteroatoms. The Bertz CT molecular complexity index is 1050. The Morgan fingerprint density at radius 2 is 2.04 bits per heavy atom. The van der Waals surface area contributed by atoms with Gasteiger partial charge in [0.1, 0.15) is 5.82 Å². The van der Waals surface area contributed by atoms with Crippen molar-refractivity contribution in [3.63, 3.8) is 0 Å². The smallest absolute Gasteiger partial charge is 0.211 e. The third kappa shape index (κ3) is 4.78. The number of nitrogens with zero attached hydrogens (tertiary/aromatic N) is 3. The Balaban J connectivity index is 1.85. The van der Waals surface area contributed by atoms with Gasteiger partial charge in [-0.15, -0.1) is 0 Å². The molecule has 0 aliphatic heterocycles. The minimum absolute atomic E-state index is 0.120. The van der Waals surface area contributed by atoms with Gasteiger partial charge >= 0.3 is 0 Å². The van der Waals surface area contributed by atoms with Crippen LogP contribution in [0.2, 0.25) is 5.02 Å². The summed E-state index contributed by atoms with van der Waals surface area (Å²) in [5.41, 5.74) is 2.14. The fourth-order valence-corrected chi connectivity index (χ4v) is 4.28. The molecular formula is C17H19BrClN5O2S. The highest BCUT2D eigenvalue weighted by atomic mass is 79.9. The molecule has 3 rings (SSSR count). The molecule has 2 heterocycles. The molecule has 0 unspecified atom stereocenters. The zero-order chi connectivity index (χ0) is 19.4. The molecular weight excluding hydrogens is 454 g/mol. The number of benzene rings is 1. The zero-order valence-corrected chi connectivity index (χ0v) is 17.8. The minimum atomic E-state index is -3.23.